The Kier molecular flexibility index (Phi) is 4.92. The minimum absolute atomic E-state index is 0.0276. The number of aryl methyl sites for hydroxylation is 1. The van der Waals surface area contributed by atoms with Gasteiger partial charge in [-0.05, 0) is 19.4 Å². The summed E-state index contributed by atoms with van der Waals surface area (Å²) in [5.74, 6) is -0.457. The minimum Gasteiger partial charge on any atom is -0.478 e. The molecule has 0 bridgehead atoms. The van der Waals surface area contributed by atoms with Crippen molar-refractivity contribution in [1.82, 2.24) is 4.72 Å². The standard InChI is InChI=1S/C11H17NO5S/c1-3-4-5-18(15,16)12-7-9-6-10(11(13)14)8(2)17-9/h6,12H,3-5,7H2,1-2H3,(H,13,14). The molecule has 0 spiro atoms. The average Bonchev–Trinajstić information content (AvgIpc) is 2.66. The molecule has 1 aromatic rings. The Bertz CT molecular complexity index is 518. The number of carbonyl (C=O) groups is 1. The topological polar surface area (TPSA) is 96.6 Å². The Labute approximate surface area is 106 Å². The lowest BCUT2D eigenvalue weighted by atomic mass is 10.2. The van der Waals surface area contributed by atoms with Crippen LogP contribution in [0.2, 0.25) is 0 Å². The van der Waals surface area contributed by atoms with E-state index in [1.165, 1.54) is 13.0 Å². The third-order valence-electron chi connectivity index (χ3n) is 2.43. The minimum atomic E-state index is -3.32. The fourth-order valence-corrected chi connectivity index (χ4v) is 2.61. The second-order valence-corrected chi connectivity index (χ2v) is 5.91. The molecule has 2 N–H and O–H groups in total. The van der Waals surface area contributed by atoms with Crippen LogP contribution < -0.4 is 4.72 Å². The molecule has 0 unspecified atom stereocenters. The largest absolute Gasteiger partial charge is 0.478 e. The molecule has 0 aromatic carbocycles. The molecule has 0 fully saturated rings. The van der Waals surface area contributed by atoms with Crippen molar-refractivity contribution in [3.8, 4) is 0 Å². The van der Waals surface area contributed by atoms with E-state index in [1.54, 1.807) is 0 Å². The summed E-state index contributed by atoms with van der Waals surface area (Å²) in [4.78, 5) is 10.8. The van der Waals surface area contributed by atoms with Gasteiger partial charge >= 0.3 is 5.97 Å². The number of aromatic carboxylic acids is 1. The molecule has 0 amide bonds. The average molecular weight is 275 g/mol. The lowest BCUT2D eigenvalue weighted by Gasteiger charge is -2.03. The van der Waals surface area contributed by atoms with E-state index in [4.69, 9.17) is 9.52 Å². The van der Waals surface area contributed by atoms with Gasteiger partial charge in [0.2, 0.25) is 10.0 Å². The number of carboxylic acid groups (broad SMARTS) is 1. The van der Waals surface area contributed by atoms with Crippen LogP contribution in [-0.2, 0) is 16.6 Å². The maximum Gasteiger partial charge on any atom is 0.339 e. The van der Waals surface area contributed by atoms with E-state index in [2.05, 4.69) is 4.72 Å². The summed E-state index contributed by atoms with van der Waals surface area (Å²) in [7, 11) is -3.32. The van der Waals surface area contributed by atoms with Crippen molar-refractivity contribution < 1.29 is 22.7 Å². The van der Waals surface area contributed by atoms with E-state index in [9.17, 15) is 13.2 Å². The van der Waals surface area contributed by atoms with Gasteiger partial charge in [-0.3, -0.25) is 0 Å². The van der Waals surface area contributed by atoms with Crippen LogP contribution in [0, 0.1) is 6.92 Å². The van der Waals surface area contributed by atoms with Gasteiger partial charge in [0.25, 0.3) is 0 Å². The molecule has 0 atom stereocenters. The summed E-state index contributed by atoms with van der Waals surface area (Å²) in [6.07, 6.45) is 1.39. The molecular formula is C11H17NO5S. The van der Waals surface area contributed by atoms with Crippen molar-refractivity contribution >= 4 is 16.0 Å². The Morgan fingerprint density at radius 1 is 1.50 bits per heavy atom. The number of unbranched alkanes of at least 4 members (excludes halogenated alkanes) is 1. The molecule has 1 heterocycles. The molecule has 0 radical (unpaired) electrons. The van der Waals surface area contributed by atoms with Gasteiger partial charge in [0.05, 0.1) is 12.3 Å². The van der Waals surface area contributed by atoms with Crippen LogP contribution >= 0.6 is 0 Å². The number of hydrogen-bond acceptors (Lipinski definition) is 4. The summed E-state index contributed by atoms with van der Waals surface area (Å²) in [5, 5.41) is 8.82. The zero-order valence-corrected chi connectivity index (χ0v) is 11.2. The van der Waals surface area contributed by atoms with Crippen LogP contribution in [0.15, 0.2) is 10.5 Å². The lowest BCUT2D eigenvalue weighted by molar-refractivity contribution is 0.0695. The summed E-state index contributed by atoms with van der Waals surface area (Å²) in [6, 6.07) is 1.33. The fraction of sp³-hybridized carbons (Fsp3) is 0.545. The molecule has 0 aliphatic rings. The van der Waals surface area contributed by atoms with Crippen molar-refractivity contribution in [1.29, 1.82) is 0 Å². The molecule has 18 heavy (non-hydrogen) atoms. The molecule has 102 valence electrons. The molecular weight excluding hydrogens is 258 g/mol. The first-order valence-corrected chi connectivity index (χ1v) is 7.31. The highest BCUT2D eigenvalue weighted by molar-refractivity contribution is 7.89. The monoisotopic (exact) mass is 275 g/mol. The number of nitrogens with one attached hydrogen (secondary N) is 1. The first-order valence-electron chi connectivity index (χ1n) is 5.65. The van der Waals surface area contributed by atoms with E-state index in [1.807, 2.05) is 6.92 Å². The summed E-state index contributed by atoms with van der Waals surface area (Å²) < 4.78 is 30.6. The maximum atomic E-state index is 11.5. The Morgan fingerprint density at radius 2 is 2.17 bits per heavy atom. The molecule has 0 aliphatic carbocycles. The maximum absolute atomic E-state index is 11.5. The predicted octanol–water partition coefficient (Wildman–Crippen LogP) is 1.51. The highest BCUT2D eigenvalue weighted by atomic mass is 32.2. The van der Waals surface area contributed by atoms with Crippen molar-refractivity contribution in [3.05, 3.63) is 23.2 Å². The second-order valence-electron chi connectivity index (χ2n) is 3.98. The second kappa shape index (κ2) is 6.01. The van der Waals surface area contributed by atoms with Crippen LogP contribution in [0.3, 0.4) is 0 Å². The Hall–Kier alpha value is -1.34. The van der Waals surface area contributed by atoms with E-state index in [-0.39, 0.29) is 23.6 Å². The van der Waals surface area contributed by atoms with Crippen LogP contribution in [0.25, 0.3) is 0 Å². The molecule has 0 saturated carbocycles. The highest BCUT2D eigenvalue weighted by Gasteiger charge is 2.15. The SMILES string of the molecule is CCCCS(=O)(=O)NCc1cc(C(=O)O)c(C)o1. The first-order chi connectivity index (χ1) is 8.35. The predicted molar refractivity (Wildman–Crippen MR) is 65.9 cm³/mol. The third kappa shape index (κ3) is 4.15. The summed E-state index contributed by atoms with van der Waals surface area (Å²) in [5.41, 5.74) is 0.0535. The van der Waals surface area contributed by atoms with Gasteiger partial charge in [-0.25, -0.2) is 17.9 Å². The normalized spacial score (nSPS) is 11.7. The van der Waals surface area contributed by atoms with E-state index >= 15 is 0 Å². The molecule has 6 nitrogen and oxygen atoms in total. The van der Waals surface area contributed by atoms with E-state index in [0.717, 1.165) is 6.42 Å². The van der Waals surface area contributed by atoms with Crippen molar-refractivity contribution in [3.63, 3.8) is 0 Å². The molecule has 1 rings (SSSR count). The fourth-order valence-electron chi connectivity index (χ4n) is 1.43. The Balaban J connectivity index is 2.64. The van der Waals surface area contributed by atoms with Gasteiger partial charge in [0, 0.05) is 0 Å². The van der Waals surface area contributed by atoms with Gasteiger partial charge in [0.1, 0.15) is 17.1 Å². The number of carboxylic acids is 1. The number of sulfonamides is 1. The van der Waals surface area contributed by atoms with Crippen molar-refractivity contribution in [2.45, 2.75) is 33.2 Å². The first kappa shape index (κ1) is 14.7. The molecule has 7 heteroatoms. The van der Waals surface area contributed by atoms with Gasteiger partial charge in [-0.2, -0.15) is 0 Å². The van der Waals surface area contributed by atoms with E-state index in [0.29, 0.717) is 12.2 Å². The number of furan rings is 1. The lowest BCUT2D eigenvalue weighted by Crippen LogP contribution is -2.25. The molecule has 0 saturated heterocycles. The van der Waals surface area contributed by atoms with Crippen molar-refractivity contribution in [2.75, 3.05) is 5.75 Å². The number of rotatable bonds is 7. The summed E-state index contributed by atoms with van der Waals surface area (Å²) >= 11 is 0. The van der Waals surface area contributed by atoms with Gasteiger partial charge in [-0.15, -0.1) is 0 Å². The van der Waals surface area contributed by atoms with Crippen LogP contribution in [0.1, 0.15) is 41.6 Å². The molecule has 0 aliphatic heterocycles. The van der Waals surface area contributed by atoms with Crippen LogP contribution in [-0.4, -0.2) is 25.2 Å². The Morgan fingerprint density at radius 3 is 2.67 bits per heavy atom. The highest BCUT2D eigenvalue weighted by Crippen LogP contribution is 2.14. The summed E-state index contributed by atoms with van der Waals surface area (Å²) in [6.45, 7) is 3.41. The smallest absolute Gasteiger partial charge is 0.339 e. The zero-order valence-electron chi connectivity index (χ0n) is 10.4. The third-order valence-corrected chi connectivity index (χ3v) is 3.84. The van der Waals surface area contributed by atoms with Crippen LogP contribution in [0.4, 0.5) is 0 Å². The zero-order chi connectivity index (χ0) is 13.8. The van der Waals surface area contributed by atoms with Gasteiger partial charge in [-0.1, -0.05) is 13.3 Å². The van der Waals surface area contributed by atoms with E-state index < -0.39 is 16.0 Å². The van der Waals surface area contributed by atoms with Crippen molar-refractivity contribution in [2.24, 2.45) is 0 Å². The number of hydrogen-bond donors (Lipinski definition) is 2. The van der Waals surface area contributed by atoms with Gasteiger partial charge < -0.3 is 9.52 Å². The van der Waals surface area contributed by atoms with Gasteiger partial charge in [0.15, 0.2) is 0 Å². The quantitative estimate of drug-likeness (QED) is 0.786. The van der Waals surface area contributed by atoms with Crippen LogP contribution in [0.5, 0.6) is 0 Å². The molecule has 1 aromatic heterocycles.